The monoisotopic (exact) mass is 222 g/mol. The molecule has 0 aliphatic rings. The Kier molecular flexibility index (Phi) is 5.58. The highest BCUT2D eigenvalue weighted by Gasteiger charge is 2.09. The van der Waals surface area contributed by atoms with Crippen molar-refractivity contribution in [3.63, 3.8) is 0 Å². The predicted molar refractivity (Wildman–Crippen MR) is 40.9 cm³/mol. The van der Waals surface area contributed by atoms with Crippen molar-refractivity contribution in [2.45, 2.75) is 12.3 Å². The van der Waals surface area contributed by atoms with E-state index >= 15 is 0 Å². The molecule has 6 N–H and O–H groups in total. The maximum Gasteiger partial charge on any atom is 0.330 e. The summed E-state index contributed by atoms with van der Waals surface area (Å²) in [4.78, 5) is 0. The molecule has 0 aromatic rings. The molecule has 0 radical (unpaired) electrons. The van der Waals surface area contributed by atoms with Gasteiger partial charge >= 0.3 is 10.3 Å². The summed E-state index contributed by atoms with van der Waals surface area (Å²) in [6.45, 7) is 1.19. The van der Waals surface area contributed by atoms with Crippen LogP contribution in [0, 0.1) is 0 Å². The van der Waals surface area contributed by atoms with Gasteiger partial charge in [-0.05, 0) is 6.92 Å². The lowest BCUT2D eigenvalue weighted by molar-refractivity contribution is 0.471. The third-order valence-corrected chi connectivity index (χ3v) is 1.41. The maximum absolute atomic E-state index is 9.76. The Bertz CT molecular complexity index is 292. The fourth-order valence-corrected chi connectivity index (χ4v) is 0. The van der Waals surface area contributed by atoms with Gasteiger partial charge in [0.1, 0.15) is 5.37 Å². The van der Waals surface area contributed by atoms with Gasteiger partial charge in [0.15, 0.2) is 0 Å². The SMILES string of the molecule is CC(N)S(=O)(=O)O.NS(=O)(=O)O. The number of nitrogens with two attached hydrogens (primary N) is 2. The van der Waals surface area contributed by atoms with E-state index in [1.165, 1.54) is 6.92 Å². The summed E-state index contributed by atoms with van der Waals surface area (Å²) in [6, 6.07) is 0. The van der Waals surface area contributed by atoms with Gasteiger partial charge in [-0.2, -0.15) is 16.8 Å². The third-order valence-electron chi connectivity index (χ3n) is 0.470. The van der Waals surface area contributed by atoms with Gasteiger partial charge in [-0.15, -0.1) is 0 Å². The lowest BCUT2D eigenvalue weighted by Gasteiger charge is -1.95. The molecule has 0 heterocycles. The van der Waals surface area contributed by atoms with E-state index in [9.17, 15) is 8.42 Å². The highest BCUT2D eigenvalue weighted by molar-refractivity contribution is 7.86. The Balaban J connectivity index is 0. The van der Waals surface area contributed by atoms with Crippen molar-refractivity contribution in [3.8, 4) is 0 Å². The highest BCUT2D eigenvalue weighted by Crippen LogP contribution is 1.84. The second-order valence-electron chi connectivity index (χ2n) is 1.74. The molecule has 0 fully saturated rings. The average Bonchev–Trinajstić information content (AvgIpc) is 1.55. The van der Waals surface area contributed by atoms with E-state index in [1.807, 2.05) is 0 Å². The van der Waals surface area contributed by atoms with Gasteiger partial charge in [0, 0.05) is 0 Å². The fraction of sp³-hybridized carbons (Fsp3) is 1.00. The second kappa shape index (κ2) is 4.69. The summed E-state index contributed by atoms with van der Waals surface area (Å²) in [5.74, 6) is 0. The zero-order chi connectivity index (χ0) is 10.6. The Labute approximate surface area is 70.2 Å². The van der Waals surface area contributed by atoms with E-state index in [4.69, 9.17) is 23.3 Å². The van der Waals surface area contributed by atoms with Crippen LogP contribution in [0.15, 0.2) is 0 Å². The number of rotatable bonds is 1. The van der Waals surface area contributed by atoms with Crippen molar-refractivity contribution in [3.05, 3.63) is 0 Å². The van der Waals surface area contributed by atoms with Gasteiger partial charge < -0.3 is 5.73 Å². The smallest absolute Gasteiger partial charge is 0.313 e. The molecule has 0 aliphatic heterocycles. The van der Waals surface area contributed by atoms with Crippen molar-refractivity contribution in [2.24, 2.45) is 10.9 Å². The van der Waals surface area contributed by atoms with Crippen LogP contribution in [0.1, 0.15) is 6.92 Å². The molecule has 0 saturated heterocycles. The van der Waals surface area contributed by atoms with Crippen LogP contribution in [0.4, 0.5) is 0 Å². The summed E-state index contributed by atoms with van der Waals surface area (Å²) >= 11 is 0. The molecule has 0 aliphatic carbocycles. The predicted octanol–water partition coefficient (Wildman–Crippen LogP) is -2.07. The Hall–Kier alpha value is -0.260. The molecule has 10 heteroatoms. The molecule has 76 valence electrons. The Morgan fingerprint density at radius 1 is 1.17 bits per heavy atom. The van der Waals surface area contributed by atoms with E-state index < -0.39 is 25.8 Å². The van der Waals surface area contributed by atoms with Crippen LogP contribution in [0.2, 0.25) is 0 Å². The molecule has 12 heavy (non-hydrogen) atoms. The fourth-order valence-electron chi connectivity index (χ4n) is 0. The van der Waals surface area contributed by atoms with Crippen LogP contribution in [0.3, 0.4) is 0 Å². The summed E-state index contributed by atoms with van der Waals surface area (Å²) in [7, 11) is -8.13. The van der Waals surface area contributed by atoms with Crippen molar-refractivity contribution in [1.29, 1.82) is 0 Å². The average molecular weight is 222 g/mol. The number of hydrogen-bond donors (Lipinski definition) is 4. The molecule has 0 aromatic heterocycles. The Morgan fingerprint density at radius 3 is 1.25 bits per heavy atom. The first-order chi connectivity index (χ1) is 4.94. The molecule has 1 atom stereocenters. The Morgan fingerprint density at radius 2 is 1.25 bits per heavy atom. The summed E-state index contributed by atoms with van der Waals surface area (Å²) in [5.41, 5.74) is 4.73. The third kappa shape index (κ3) is 22.6. The van der Waals surface area contributed by atoms with Crippen LogP contribution in [-0.4, -0.2) is 31.3 Å². The van der Waals surface area contributed by atoms with Crippen LogP contribution < -0.4 is 10.9 Å². The minimum Gasteiger partial charge on any atom is -0.313 e. The molecular weight excluding hydrogens is 212 g/mol. The summed E-state index contributed by atoms with van der Waals surface area (Å²) < 4.78 is 52.7. The van der Waals surface area contributed by atoms with Crippen molar-refractivity contribution >= 4 is 20.4 Å². The maximum atomic E-state index is 9.76. The summed E-state index contributed by atoms with van der Waals surface area (Å²) in [5, 5.41) is 2.71. The van der Waals surface area contributed by atoms with E-state index in [2.05, 4.69) is 5.14 Å². The van der Waals surface area contributed by atoms with Gasteiger partial charge in [0.25, 0.3) is 10.1 Å². The summed E-state index contributed by atoms with van der Waals surface area (Å²) in [6.07, 6.45) is 0. The van der Waals surface area contributed by atoms with Gasteiger partial charge in [-0.3, -0.25) is 9.11 Å². The molecule has 0 amide bonds. The van der Waals surface area contributed by atoms with E-state index in [-0.39, 0.29) is 0 Å². The topological polar surface area (TPSA) is 161 Å². The van der Waals surface area contributed by atoms with Crippen molar-refractivity contribution in [2.75, 3.05) is 0 Å². The molecule has 0 saturated carbocycles. The van der Waals surface area contributed by atoms with Crippen LogP contribution >= 0.6 is 0 Å². The van der Waals surface area contributed by atoms with Gasteiger partial charge in [0.05, 0.1) is 0 Å². The zero-order valence-corrected chi connectivity index (χ0v) is 7.71. The standard InChI is InChI=1S/C2H7NO3S.H3NO3S/c1-2(3)7(4,5)6;1-5(2,3)4/h2H,3H2,1H3,(H,4,5,6);(H3,1,2,3,4). The minimum absolute atomic E-state index is 1.17. The van der Waals surface area contributed by atoms with E-state index in [0.717, 1.165) is 0 Å². The lowest BCUT2D eigenvalue weighted by atomic mass is 10.8. The number of hydrogen-bond acceptors (Lipinski definition) is 5. The quantitative estimate of drug-likeness (QED) is 0.370. The van der Waals surface area contributed by atoms with Crippen LogP contribution in [0.25, 0.3) is 0 Å². The molecule has 0 rings (SSSR count). The first-order valence-corrected chi connectivity index (χ1v) is 5.42. The molecule has 1 unspecified atom stereocenters. The van der Waals surface area contributed by atoms with Crippen LogP contribution in [0.5, 0.6) is 0 Å². The van der Waals surface area contributed by atoms with Crippen molar-refractivity contribution in [1.82, 2.24) is 0 Å². The largest absolute Gasteiger partial charge is 0.330 e. The minimum atomic E-state index is -4.17. The molecule has 0 spiro atoms. The van der Waals surface area contributed by atoms with Gasteiger partial charge in [-0.25, -0.2) is 5.14 Å². The molecule has 8 nitrogen and oxygen atoms in total. The van der Waals surface area contributed by atoms with E-state index in [1.54, 1.807) is 0 Å². The zero-order valence-electron chi connectivity index (χ0n) is 6.08. The molecule has 0 aromatic carbocycles. The lowest BCUT2D eigenvalue weighted by Crippen LogP contribution is -2.25. The van der Waals surface area contributed by atoms with Crippen molar-refractivity contribution < 1.29 is 25.9 Å². The molecule has 0 bridgehead atoms. The normalized spacial score (nSPS) is 14.4. The first kappa shape index (κ1) is 14.3. The highest BCUT2D eigenvalue weighted by atomic mass is 32.2. The van der Waals surface area contributed by atoms with Gasteiger partial charge in [0.2, 0.25) is 0 Å². The second-order valence-corrected chi connectivity index (χ2v) is 4.54. The van der Waals surface area contributed by atoms with Crippen LogP contribution in [-0.2, 0) is 20.4 Å². The molecular formula is C2H10N2O6S2. The van der Waals surface area contributed by atoms with E-state index in [0.29, 0.717) is 0 Å². The first-order valence-electron chi connectivity index (χ1n) is 2.41. The van der Waals surface area contributed by atoms with Gasteiger partial charge in [-0.1, -0.05) is 0 Å².